The lowest BCUT2D eigenvalue weighted by atomic mass is 9.87. The molecule has 3 atom stereocenters. The van der Waals surface area contributed by atoms with Gasteiger partial charge in [-0.05, 0) is 44.4 Å². The number of nitrogen functional groups attached to an aromatic ring is 1. The van der Waals surface area contributed by atoms with Crippen molar-refractivity contribution >= 4 is 33.9 Å². The molecule has 1 aliphatic rings. The van der Waals surface area contributed by atoms with Crippen molar-refractivity contribution in [2.45, 2.75) is 44.4 Å². The number of nitrogens with one attached hydrogen (secondary N) is 1. The van der Waals surface area contributed by atoms with E-state index in [1.165, 1.54) is 6.33 Å². The quantitative estimate of drug-likeness (QED) is 0.457. The Bertz CT molecular complexity index is 1290. The number of fused-ring (bicyclic) bond motifs is 2. The number of carbonyl (C=O) groups is 1. The van der Waals surface area contributed by atoms with Gasteiger partial charge in [-0.1, -0.05) is 0 Å². The van der Waals surface area contributed by atoms with Gasteiger partial charge in [0.05, 0.1) is 35.5 Å². The number of nitrogens with zero attached hydrogens (tertiary/aromatic N) is 6. The van der Waals surface area contributed by atoms with Crippen LogP contribution >= 0.6 is 0 Å². The molecule has 10 heteroatoms. The zero-order chi connectivity index (χ0) is 21.7. The van der Waals surface area contributed by atoms with Crippen molar-refractivity contribution in [2.75, 3.05) is 5.73 Å². The number of aryl methyl sites for hydroxylation is 2. The van der Waals surface area contributed by atoms with E-state index in [2.05, 4.69) is 25.3 Å². The minimum Gasteiger partial charge on any atom is -0.389 e. The summed E-state index contributed by atoms with van der Waals surface area (Å²) in [6.07, 6.45) is 4.53. The third-order valence-corrected chi connectivity index (χ3v) is 6.25. The number of anilines is 1. The van der Waals surface area contributed by atoms with E-state index in [0.717, 1.165) is 29.7 Å². The second kappa shape index (κ2) is 7.31. The number of aromatic nitrogens is 6. The fourth-order valence-corrected chi connectivity index (χ4v) is 4.44. The van der Waals surface area contributed by atoms with Crippen LogP contribution < -0.4 is 11.1 Å². The molecule has 0 radical (unpaired) electrons. The molecule has 1 amide bonds. The molecule has 4 aromatic rings. The molecule has 1 saturated carbocycles. The van der Waals surface area contributed by atoms with Crippen LogP contribution in [-0.4, -0.2) is 52.2 Å². The van der Waals surface area contributed by atoms with Crippen LogP contribution in [0.4, 0.5) is 5.82 Å². The van der Waals surface area contributed by atoms with Gasteiger partial charge in [0.1, 0.15) is 17.7 Å². The fraction of sp³-hybridized carbons (Fsp3) is 0.381. The van der Waals surface area contributed by atoms with Gasteiger partial charge in [-0.2, -0.15) is 0 Å². The number of hydrogen-bond acceptors (Lipinski definition) is 7. The number of nitrogens with two attached hydrogens (primary N) is 1. The van der Waals surface area contributed by atoms with E-state index in [1.54, 1.807) is 18.5 Å². The zero-order valence-corrected chi connectivity index (χ0v) is 17.4. The highest BCUT2D eigenvalue weighted by molar-refractivity contribution is 5.97. The number of imidazole rings is 2. The Morgan fingerprint density at radius 2 is 2.10 bits per heavy atom. The lowest BCUT2D eigenvalue weighted by Crippen LogP contribution is -2.49. The summed E-state index contributed by atoms with van der Waals surface area (Å²) < 4.78 is 3.82. The first-order valence-electron chi connectivity index (χ1n) is 10.3. The number of aliphatic hydroxyl groups excluding tert-OH is 1. The number of carbonyl (C=O) groups excluding carboxylic acids is 1. The zero-order valence-electron chi connectivity index (χ0n) is 17.4. The topological polar surface area (TPSA) is 137 Å². The van der Waals surface area contributed by atoms with E-state index >= 15 is 0 Å². The minimum absolute atomic E-state index is 0.225. The van der Waals surface area contributed by atoms with Crippen LogP contribution in [0.2, 0.25) is 0 Å². The second-order valence-electron chi connectivity index (χ2n) is 8.07. The predicted octanol–water partition coefficient (Wildman–Crippen LogP) is 1.49. The third kappa shape index (κ3) is 3.19. The van der Waals surface area contributed by atoms with Gasteiger partial charge in [0, 0.05) is 12.6 Å². The molecule has 3 heterocycles. The molecule has 1 fully saturated rings. The van der Waals surface area contributed by atoms with Crippen molar-refractivity contribution in [2.24, 2.45) is 7.05 Å². The lowest BCUT2D eigenvalue weighted by Gasteiger charge is -2.36. The molecule has 0 unspecified atom stereocenters. The van der Waals surface area contributed by atoms with Crippen molar-refractivity contribution in [3.63, 3.8) is 0 Å². The Balaban J connectivity index is 1.38. The molecule has 4 N–H and O–H groups in total. The maximum absolute atomic E-state index is 12.9. The smallest absolute Gasteiger partial charge is 0.251 e. The van der Waals surface area contributed by atoms with Crippen LogP contribution in [0.25, 0.3) is 22.2 Å². The summed E-state index contributed by atoms with van der Waals surface area (Å²) in [7, 11) is 1.95. The molecule has 0 spiro atoms. The van der Waals surface area contributed by atoms with Gasteiger partial charge in [-0.15, -0.1) is 0 Å². The van der Waals surface area contributed by atoms with E-state index < -0.39 is 6.10 Å². The maximum Gasteiger partial charge on any atom is 0.251 e. The molecule has 3 aromatic heterocycles. The van der Waals surface area contributed by atoms with E-state index in [9.17, 15) is 9.90 Å². The molecular weight excluding hydrogens is 396 g/mol. The van der Waals surface area contributed by atoms with Crippen LogP contribution in [0.3, 0.4) is 0 Å². The van der Waals surface area contributed by atoms with Crippen LogP contribution in [0.15, 0.2) is 30.9 Å². The molecule has 0 saturated heterocycles. The van der Waals surface area contributed by atoms with Crippen LogP contribution in [-0.2, 0) is 7.05 Å². The van der Waals surface area contributed by atoms with Crippen molar-refractivity contribution in [1.29, 1.82) is 0 Å². The third-order valence-electron chi connectivity index (χ3n) is 6.25. The summed E-state index contributed by atoms with van der Waals surface area (Å²) in [5.41, 5.74) is 9.25. The summed E-state index contributed by atoms with van der Waals surface area (Å²) in [5, 5.41) is 14.1. The standard InChI is InChI=1S/C21H24N8O2/c1-11-26-14-8-12(6-7-15(14)28(11)2)21(31)27-13-4-3-5-16(18(13)30)29-10-25-17-19(22)23-9-24-20(17)29/h6-10,13,16,18,30H,3-5H2,1-2H3,(H,27,31)(H2,22,23,24)/t13-,16-,18-/m0/s1. The van der Waals surface area contributed by atoms with Crippen LogP contribution in [0.1, 0.15) is 41.5 Å². The van der Waals surface area contributed by atoms with E-state index in [4.69, 9.17) is 5.73 Å². The van der Waals surface area contributed by atoms with E-state index in [1.807, 2.05) is 29.2 Å². The molecule has 31 heavy (non-hydrogen) atoms. The Kier molecular flexibility index (Phi) is 4.58. The van der Waals surface area contributed by atoms with Gasteiger partial charge in [-0.25, -0.2) is 19.9 Å². The summed E-state index contributed by atoms with van der Waals surface area (Å²) >= 11 is 0. The number of aliphatic hydroxyl groups is 1. The molecule has 5 rings (SSSR count). The molecular formula is C21H24N8O2. The SMILES string of the molecule is Cc1nc2cc(C(=O)N[C@H]3CCC[C@H](n4cnc5c(N)ncnc54)[C@H]3O)ccc2n1C. The molecule has 0 bridgehead atoms. The second-order valence-corrected chi connectivity index (χ2v) is 8.07. The predicted molar refractivity (Wildman–Crippen MR) is 115 cm³/mol. The van der Waals surface area contributed by atoms with Gasteiger partial charge in [0.2, 0.25) is 0 Å². The monoisotopic (exact) mass is 420 g/mol. The maximum atomic E-state index is 12.9. The van der Waals surface area contributed by atoms with Gasteiger partial charge >= 0.3 is 0 Å². The van der Waals surface area contributed by atoms with E-state index in [-0.39, 0.29) is 18.0 Å². The minimum atomic E-state index is -0.785. The first kappa shape index (κ1) is 19.4. The van der Waals surface area contributed by atoms with Crippen molar-refractivity contribution in [1.82, 2.24) is 34.4 Å². The van der Waals surface area contributed by atoms with Crippen molar-refractivity contribution in [3.05, 3.63) is 42.2 Å². The van der Waals surface area contributed by atoms with E-state index in [0.29, 0.717) is 29.0 Å². The number of benzene rings is 1. The van der Waals surface area contributed by atoms with Gasteiger partial charge < -0.3 is 25.3 Å². The number of rotatable bonds is 3. The van der Waals surface area contributed by atoms with Crippen LogP contribution in [0.5, 0.6) is 0 Å². The fourth-order valence-electron chi connectivity index (χ4n) is 4.44. The molecule has 1 aromatic carbocycles. The highest BCUT2D eigenvalue weighted by atomic mass is 16.3. The summed E-state index contributed by atoms with van der Waals surface area (Å²) in [4.78, 5) is 30.0. The first-order valence-corrected chi connectivity index (χ1v) is 10.3. The van der Waals surface area contributed by atoms with Gasteiger partial charge in [-0.3, -0.25) is 4.79 Å². The van der Waals surface area contributed by atoms with Crippen LogP contribution in [0, 0.1) is 6.92 Å². The Morgan fingerprint density at radius 1 is 1.26 bits per heavy atom. The Hall–Kier alpha value is -3.53. The molecule has 1 aliphatic carbocycles. The average molecular weight is 420 g/mol. The molecule has 160 valence electrons. The lowest BCUT2D eigenvalue weighted by molar-refractivity contribution is 0.0410. The van der Waals surface area contributed by atoms with Crippen molar-refractivity contribution < 1.29 is 9.90 Å². The van der Waals surface area contributed by atoms with Gasteiger partial charge in [0.25, 0.3) is 5.91 Å². The molecule has 10 nitrogen and oxygen atoms in total. The number of hydrogen-bond donors (Lipinski definition) is 3. The summed E-state index contributed by atoms with van der Waals surface area (Å²) in [6, 6.07) is 4.82. The molecule has 0 aliphatic heterocycles. The van der Waals surface area contributed by atoms with Crippen molar-refractivity contribution in [3.8, 4) is 0 Å². The number of amides is 1. The Morgan fingerprint density at radius 3 is 2.94 bits per heavy atom. The summed E-state index contributed by atoms with van der Waals surface area (Å²) in [5.74, 6) is 0.964. The highest BCUT2D eigenvalue weighted by Gasteiger charge is 2.35. The Labute approximate surface area is 178 Å². The summed E-state index contributed by atoms with van der Waals surface area (Å²) in [6.45, 7) is 1.93. The largest absolute Gasteiger partial charge is 0.389 e. The normalized spacial score (nSPS) is 21.6. The first-order chi connectivity index (χ1) is 14.9. The average Bonchev–Trinajstić information content (AvgIpc) is 3.31. The highest BCUT2D eigenvalue weighted by Crippen LogP contribution is 2.32. The van der Waals surface area contributed by atoms with Gasteiger partial charge in [0.15, 0.2) is 11.5 Å².